The summed E-state index contributed by atoms with van der Waals surface area (Å²) in [5.74, 6) is -0.725. The highest BCUT2D eigenvalue weighted by Crippen LogP contribution is 2.36. The number of fused-ring (bicyclic) bond motifs is 1. The molecule has 122 valence electrons. The third-order valence-corrected chi connectivity index (χ3v) is 5.07. The van der Waals surface area contributed by atoms with Crippen LogP contribution in [0.4, 0.5) is 5.69 Å². The minimum Gasteiger partial charge on any atom is -0.506 e. The third kappa shape index (κ3) is 2.24. The highest BCUT2D eigenvalue weighted by molar-refractivity contribution is 7.91. The minimum absolute atomic E-state index is 0.0442. The van der Waals surface area contributed by atoms with Crippen molar-refractivity contribution in [2.75, 3.05) is 4.31 Å². The number of aliphatic hydroxyl groups is 1. The molecule has 0 aliphatic carbocycles. The molecule has 0 radical (unpaired) electrons. The maximum absolute atomic E-state index is 12.0. The van der Waals surface area contributed by atoms with E-state index in [0.717, 1.165) is 27.1 Å². The van der Waals surface area contributed by atoms with Crippen molar-refractivity contribution in [2.45, 2.75) is 0 Å². The number of aromatic amines is 1. The summed E-state index contributed by atoms with van der Waals surface area (Å²) in [6.45, 7) is 0. The summed E-state index contributed by atoms with van der Waals surface area (Å²) in [4.78, 5) is 3.25. The number of phenols is 1. The first-order chi connectivity index (χ1) is 11.4. The number of aliphatic hydroxyl groups excluding tert-OH is 1. The molecule has 8 heteroatoms. The molecule has 3 aromatic rings. The van der Waals surface area contributed by atoms with Gasteiger partial charge in [-0.25, -0.2) is 9.03 Å². The highest BCUT2D eigenvalue weighted by Gasteiger charge is 2.30. The van der Waals surface area contributed by atoms with Gasteiger partial charge in [-0.3, -0.25) is 0 Å². The number of anilines is 1. The number of rotatable bonds is 2. The van der Waals surface area contributed by atoms with Crippen LogP contribution in [0, 0.1) is 0 Å². The van der Waals surface area contributed by atoms with Gasteiger partial charge in [0.05, 0.1) is 6.20 Å². The first kappa shape index (κ1) is 14.5. The molecular formula is C16H13N3O4S. The summed E-state index contributed by atoms with van der Waals surface area (Å²) >= 11 is 0. The Kier molecular flexibility index (Phi) is 2.97. The van der Waals surface area contributed by atoms with E-state index in [-0.39, 0.29) is 11.4 Å². The topological polar surface area (TPSA) is 106 Å². The van der Waals surface area contributed by atoms with E-state index in [4.69, 9.17) is 0 Å². The molecule has 2 heterocycles. The molecule has 0 bridgehead atoms. The van der Waals surface area contributed by atoms with Crippen LogP contribution in [0.5, 0.6) is 5.75 Å². The fourth-order valence-electron chi connectivity index (χ4n) is 2.68. The number of phenolic OH excluding ortho intramolecular Hbond substituents is 1. The lowest BCUT2D eigenvalue weighted by molar-refractivity contribution is 0.392. The summed E-state index contributed by atoms with van der Waals surface area (Å²) < 4.78 is 26.7. The van der Waals surface area contributed by atoms with Gasteiger partial charge < -0.3 is 15.2 Å². The van der Waals surface area contributed by atoms with E-state index < -0.39 is 16.1 Å². The lowest BCUT2D eigenvalue weighted by Gasteiger charge is -2.16. The van der Waals surface area contributed by atoms with Crippen molar-refractivity contribution in [1.82, 2.24) is 9.71 Å². The summed E-state index contributed by atoms with van der Waals surface area (Å²) in [6, 6.07) is 14.3. The molecule has 7 nitrogen and oxygen atoms in total. The number of nitrogens with one attached hydrogen (secondary N) is 2. The largest absolute Gasteiger partial charge is 0.506 e. The van der Waals surface area contributed by atoms with Crippen molar-refractivity contribution >= 4 is 26.8 Å². The van der Waals surface area contributed by atoms with Crippen LogP contribution in [0.3, 0.4) is 0 Å². The van der Waals surface area contributed by atoms with E-state index in [2.05, 4.69) is 4.98 Å². The van der Waals surface area contributed by atoms with Crippen LogP contribution in [0.2, 0.25) is 0 Å². The lowest BCUT2D eigenvalue weighted by atomic mass is 10.1. The predicted octanol–water partition coefficient (Wildman–Crippen LogP) is 2.55. The average Bonchev–Trinajstić information content (AvgIpc) is 3.07. The van der Waals surface area contributed by atoms with Gasteiger partial charge in [0, 0.05) is 22.2 Å². The summed E-state index contributed by atoms with van der Waals surface area (Å²) in [5.41, 5.74) is 2.49. The Morgan fingerprint density at radius 1 is 1.00 bits per heavy atom. The van der Waals surface area contributed by atoms with E-state index in [1.165, 1.54) is 12.1 Å². The van der Waals surface area contributed by atoms with Crippen LogP contribution in [0.1, 0.15) is 0 Å². The monoisotopic (exact) mass is 343 g/mol. The zero-order chi connectivity index (χ0) is 16.9. The Hall–Kier alpha value is -3.13. The summed E-state index contributed by atoms with van der Waals surface area (Å²) in [6.07, 6.45) is 0.999. The van der Waals surface area contributed by atoms with Gasteiger partial charge in [0.1, 0.15) is 11.4 Å². The zero-order valence-electron chi connectivity index (χ0n) is 12.3. The highest BCUT2D eigenvalue weighted by atomic mass is 32.2. The number of aromatic hydroxyl groups is 1. The molecule has 24 heavy (non-hydrogen) atoms. The normalized spacial score (nSPS) is 16.2. The number of aromatic nitrogens is 1. The van der Waals surface area contributed by atoms with E-state index in [1.54, 1.807) is 6.07 Å². The minimum atomic E-state index is -3.96. The predicted molar refractivity (Wildman–Crippen MR) is 90.6 cm³/mol. The van der Waals surface area contributed by atoms with Crippen LogP contribution >= 0.6 is 0 Å². The molecule has 0 amide bonds. The van der Waals surface area contributed by atoms with Gasteiger partial charge in [-0.05, 0) is 30.3 Å². The second-order valence-electron chi connectivity index (χ2n) is 5.39. The first-order valence-electron chi connectivity index (χ1n) is 7.08. The zero-order valence-corrected chi connectivity index (χ0v) is 13.1. The summed E-state index contributed by atoms with van der Waals surface area (Å²) in [7, 11) is -3.96. The average molecular weight is 343 g/mol. The van der Waals surface area contributed by atoms with Crippen LogP contribution in [-0.2, 0) is 10.2 Å². The molecule has 0 spiro atoms. The first-order valence-corrected chi connectivity index (χ1v) is 8.52. The van der Waals surface area contributed by atoms with Crippen LogP contribution in [-0.4, -0.2) is 23.6 Å². The van der Waals surface area contributed by atoms with Gasteiger partial charge >= 0.3 is 10.2 Å². The second kappa shape index (κ2) is 4.93. The third-order valence-electron chi connectivity index (χ3n) is 3.79. The molecule has 0 saturated heterocycles. The Morgan fingerprint density at radius 2 is 1.79 bits per heavy atom. The van der Waals surface area contributed by atoms with Gasteiger partial charge in [-0.2, -0.15) is 8.42 Å². The number of nitrogens with zero attached hydrogens (tertiary/aromatic N) is 1. The maximum atomic E-state index is 12.0. The van der Waals surface area contributed by atoms with Gasteiger partial charge in [0.15, 0.2) is 0 Å². The number of hydrogen-bond donors (Lipinski definition) is 4. The van der Waals surface area contributed by atoms with Crippen molar-refractivity contribution < 1.29 is 18.6 Å². The van der Waals surface area contributed by atoms with Gasteiger partial charge in [-0.1, -0.05) is 18.2 Å². The Labute approximate surface area is 137 Å². The van der Waals surface area contributed by atoms with E-state index in [1.807, 2.05) is 35.1 Å². The number of benzene rings is 2. The lowest BCUT2D eigenvalue weighted by Crippen LogP contribution is -2.29. The summed E-state index contributed by atoms with van der Waals surface area (Å²) in [5, 5.41) is 20.5. The SMILES string of the molecule is O=S1(=O)NC(O)=CN1c1cc(-c2cc3ccccc3[nH]2)ccc1O. The van der Waals surface area contributed by atoms with Crippen LogP contribution in [0.25, 0.3) is 22.2 Å². The van der Waals surface area contributed by atoms with Crippen LogP contribution < -0.4 is 9.03 Å². The molecular weight excluding hydrogens is 330 g/mol. The quantitative estimate of drug-likeness (QED) is 0.574. The smallest absolute Gasteiger partial charge is 0.330 e. The van der Waals surface area contributed by atoms with Gasteiger partial charge in [0.25, 0.3) is 0 Å². The van der Waals surface area contributed by atoms with Crippen molar-refractivity contribution in [2.24, 2.45) is 0 Å². The number of H-pyrrole nitrogens is 1. The number of hydrogen-bond acceptors (Lipinski definition) is 4. The molecule has 2 aromatic carbocycles. The molecule has 0 unspecified atom stereocenters. The maximum Gasteiger partial charge on any atom is 0.330 e. The standard InChI is InChI=1S/C16H13N3O4S/c20-15-6-5-11(13-7-10-3-1-2-4-12(10)17-13)8-14(15)19-9-16(21)18-24(19,22)23/h1-9,17-18,20-21H. The molecule has 0 saturated carbocycles. The molecule has 0 fully saturated rings. The van der Waals surface area contributed by atoms with E-state index in [0.29, 0.717) is 5.56 Å². The molecule has 4 N–H and O–H groups in total. The van der Waals surface area contributed by atoms with Crippen LogP contribution in [0.15, 0.2) is 60.6 Å². The van der Waals surface area contributed by atoms with Crippen molar-refractivity contribution in [3.63, 3.8) is 0 Å². The molecule has 4 rings (SSSR count). The molecule has 0 atom stereocenters. The van der Waals surface area contributed by atoms with Crippen molar-refractivity contribution in [1.29, 1.82) is 0 Å². The van der Waals surface area contributed by atoms with E-state index >= 15 is 0 Å². The van der Waals surface area contributed by atoms with Crippen molar-refractivity contribution in [3.05, 3.63) is 60.6 Å². The molecule has 1 aliphatic heterocycles. The molecule has 1 aliphatic rings. The Morgan fingerprint density at radius 3 is 2.50 bits per heavy atom. The fraction of sp³-hybridized carbons (Fsp3) is 0. The van der Waals surface area contributed by atoms with E-state index in [9.17, 15) is 18.6 Å². The van der Waals surface area contributed by atoms with Crippen molar-refractivity contribution in [3.8, 4) is 17.0 Å². The number of para-hydroxylation sites is 1. The van der Waals surface area contributed by atoms with Gasteiger partial charge in [-0.15, -0.1) is 0 Å². The Balaban J connectivity index is 1.85. The fourth-order valence-corrected chi connectivity index (χ4v) is 3.74. The van der Waals surface area contributed by atoms with Gasteiger partial charge in [0.2, 0.25) is 5.88 Å². The Bertz CT molecular complexity index is 1050. The molecule has 1 aromatic heterocycles. The second-order valence-corrected chi connectivity index (χ2v) is 6.94.